The summed E-state index contributed by atoms with van der Waals surface area (Å²) < 4.78 is 12.2. The van der Waals surface area contributed by atoms with Gasteiger partial charge in [-0.3, -0.25) is 9.48 Å². The van der Waals surface area contributed by atoms with Crippen LogP contribution in [0.5, 0.6) is 0 Å². The van der Waals surface area contributed by atoms with E-state index in [1.807, 2.05) is 20.8 Å². The second-order valence-corrected chi connectivity index (χ2v) is 6.34. The van der Waals surface area contributed by atoms with Crippen LogP contribution in [-0.2, 0) is 27.9 Å². The summed E-state index contributed by atoms with van der Waals surface area (Å²) in [6.07, 6.45) is 1.24. The fourth-order valence-corrected chi connectivity index (χ4v) is 2.54. The van der Waals surface area contributed by atoms with Gasteiger partial charge in [0.1, 0.15) is 11.5 Å². The first kappa shape index (κ1) is 16.3. The van der Waals surface area contributed by atoms with Crippen molar-refractivity contribution in [1.29, 1.82) is 0 Å². The molecule has 0 radical (unpaired) electrons. The maximum atomic E-state index is 12.3. The van der Waals surface area contributed by atoms with Gasteiger partial charge in [0.2, 0.25) is 0 Å². The van der Waals surface area contributed by atoms with Crippen molar-refractivity contribution in [3.63, 3.8) is 0 Å². The second-order valence-electron chi connectivity index (χ2n) is 6.34. The van der Waals surface area contributed by atoms with Crippen LogP contribution < -0.4 is 0 Å². The predicted molar refractivity (Wildman–Crippen MR) is 79.2 cm³/mol. The van der Waals surface area contributed by atoms with Crippen molar-refractivity contribution in [2.24, 2.45) is 7.05 Å². The van der Waals surface area contributed by atoms with Gasteiger partial charge < -0.3 is 14.4 Å². The molecule has 1 aromatic rings. The normalized spacial score (nSPS) is 17.9. The molecule has 1 aromatic heterocycles. The smallest absolute Gasteiger partial charge is 0.410 e. The minimum atomic E-state index is -0.578. The van der Waals surface area contributed by atoms with Gasteiger partial charge in [0.25, 0.3) is 0 Å². The van der Waals surface area contributed by atoms with Crippen LogP contribution in [0.1, 0.15) is 44.9 Å². The van der Waals surface area contributed by atoms with Crippen LogP contribution in [0.15, 0.2) is 6.20 Å². The Morgan fingerprint density at radius 3 is 2.68 bits per heavy atom. The zero-order valence-corrected chi connectivity index (χ0v) is 13.8. The number of amides is 1. The second kappa shape index (κ2) is 5.98. The van der Waals surface area contributed by atoms with E-state index in [1.54, 1.807) is 24.9 Å². The van der Waals surface area contributed by atoms with E-state index in [0.717, 1.165) is 11.3 Å². The number of ether oxygens (including phenoxy) is 2. The SMILES string of the molecule is CCOC(=O)C1CN(C(=O)OC(C)(C)C)Cc2cnn(C)c21. The third-order valence-corrected chi connectivity index (χ3v) is 3.38. The first-order chi connectivity index (χ1) is 10.2. The predicted octanol–water partition coefficient (Wildman–Crippen LogP) is 1.82. The molecule has 22 heavy (non-hydrogen) atoms. The van der Waals surface area contributed by atoms with Crippen molar-refractivity contribution in [3.8, 4) is 0 Å². The van der Waals surface area contributed by atoms with Crippen molar-refractivity contribution in [3.05, 3.63) is 17.5 Å². The van der Waals surface area contributed by atoms with Gasteiger partial charge in [0.15, 0.2) is 0 Å². The van der Waals surface area contributed by atoms with Crippen LogP contribution in [0, 0.1) is 0 Å². The fourth-order valence-electron chi connectivity index (χ4n) is 2.54. The summed E-state index contributed by atoms with van der Waals surface area (Å²) >= 11 is 0. The summed E-state index contributed by atoms with van der Waals surface area (Å²) in [7, 11) is 1.79. The van der Waals surface area contributed by atoms with Crippen molar-refractivity contribution < 1.29 is 19.1 Å². The summed E-state index contributed by atoms with van der Waals surface area (Å²) in [6, 6.07) is 0. The van der Waals surface area contributed by atoms with E-state index in [1.165, 1.54) is 4.90 Å². The highest BCUT2D eigenvalue weighted by molar-refractivity contribution is 5.80. The minimum Gasteiger partial charge on any atom is -0.465 e. The largest absolute Gasteiger partial charge is 0.465 e. The number of esters is 1. The molecule has 2 heterocycles. The lowest BCUT2D eigenvalue weighted by molar-refractivity contribution is -0.145. The molecule has 0 fully saturated rings. The first-order valence-electron chi connectivity index (χ1n) is 7.38. The Kier molecular flexibility index (Phi) is 4.44. The molecule has 0 spiro atoms. The van der Waals surface area contributed by atoms with Gasteiger partial charge in [-0.15, -0.1) is 0 Å². The molecule has 0 saturated heterocycles. The monoisotopic (exact) mass is 309 g/mol. The third-order valence-electron chi connectivity index (χ3n) is 3.38. The quantitative estimate of drug-likeness (QED) is 0.779. The maximum Gasteiger partial charge on any atom is 0.410 e. The number of carbonyl (C=O) groups is 2. The highest BCUT2D eigenvalue weighted by atomic mass is 16.6. The molecule has 1 atom stereocenters. The van der Waals surface area contributed by atoms with Crippen LogP contribution >= 0.6 is 0 Å². The number of aromatic nitrogens is 2. The van der Waals surface area contributed by atoms with Crippen LogP contribution in [-0.4, -0.2) is 45.5 Å². The van der Waals surface area contributed by atoms with Gasteiger partial charge in [0.05, 0.1) is 25.0 Å². The molecular weight excluding hydrogens is 286 g/mol. The molecule has 1 amide bonds. The Morgan fingerprint density at radius 2 is 2.09 bits per heavy atom. The van der Waals surface area contributed by atoms with Gasteiger partial charge >= 0.3 is 12.1 Å². The number of rotatable bonds is 2. The van der Waals surface area contributed by atoms with Crippen LogP contribution in [0.4, 0.5) is 4.79 Å². The molecule has 1 aliphatic rings. The third kappa shape index (κ3) is 3.40. The Bertz CT molecular complexity index is 574. The van der Waals surface area contributed by atoms with E-state index < -0.39 is 17.6 Å². The number of fused-ring (bicyclic) bond motifs is 1. The lowest BCUT2D eigenvalue weighted by Gasteiger charge is -2.33. The lowest BCUT2D eigenvalue weighted by atomic mass is 9.96. The van der Waals surface area contributed by atoms with Gasteiger partial charge in [-0.1, -0.05) is 0 Å². The van der Waals surface area contributed by atoms with Crippen LogP contribution in [0.2, 0.25) is 0 Å². The molecule has 0 saturated carbocycles. The number of aryl methyl sites for hydroxylation is 1. The number of hydrogen-bond donors (Lipinski definition) is 0. The topological polar surface area (TPSA) is 73.7 Å². The fraction of sp³-hybridized carbons (Fsp3) is 0.667. The molecule has 1 aliphatic heterocycles. The van der Waals surface area contributed by atoms with E-state index in [2.05, 4.69) is 5.10 Å². The highest BCUT2D eigenvalue weighted by Crippen LogP contribution is 2.29. The van der Waals surface area contributed by atoms with E-state index in [-0.39, 0.29) is 12.5 Å². The van der Waals surface area contributed by atoms with Gasteiger partial charge in [-0.25, -0.2) is 4.79 Å². The van der Waals surface area contributed by atoms with Crippen molar-refractivity contribution >= 4 is 12.1 Å². The zero-order chi connectivity index (χ0) is 16.5. The van der Waals surface area contributed by atoms with Crippen molar-refractivity contribution in [2.75, 3.05) is 13.2 Å². The summed E-state index contributed by atoms with van der Waals surface area (Å²) in [4.78, 5) is 26.0. The molecule has 0 aromatic carbocycles. The van der Waals surface area contributed by atoms with Crippen LogP contribution in [0.25, 0.3) is 0 Å². The molecule has 0 bridgehead atoms. The molecule has 7 nitrogen and oxygen atoms in total. The minimum absolute atomic E-state index is 0.236. The molecule has 7 heteroatoms. The summed E-state index contributed by atoms with van der Waals surface area (Å²) in [5, 5.41) is 4.19. The number of nitrogens with zero attached hydrogens (tertiary/aromatic N) is 3. The number of hydrogen-bond acceptors (Lipinski definition) is 5. The first-order valence-corrected chi connectivity index (χ1v) is 7.38. The Balaban J connectivity index is 2.25. The summed E-state index contributed by atoms with van der Waals surface area (Å²) in [6.45, 7) is 8.12. The van der Waals surface area contributed by atoms with E-state index in [4.69, 9.17) is 9.47 Å². The van der Waals surface area contributed by atoms with Crippen molar-refractivity contribution in [2.45, 2.75) is 45.8 Å². The zero-order valence-electron chi connectivity index (χ0n) is 13.8. The average Bonchev–Trinajstić information content (AvgIpc) is 2.78. The van der Waals surface area contributed by atoms with Gasteiger partial charge in [-0.05, 0) is 27.7 Å². The average molecular weight is 309 g/mol. The lowest BCUT2D eigenvalue weighted by Crippen LogP contribution is -2.43. The maximum absolute atomic E-state index is 12.3. The molecule has 0 N–H and O–H groups in total. The molecule has 122 valence electrons. The van der Waals surface area contributed by atoms with Crippen molar-refractivity contribution in [1.82, 2.24) is 14.7 Å². The van der Waals surface area contributed by atoms with E-state index in [0.29, 0.717) is 13.2 Å². The molecular formula is C15H23N3O4. The standard InChI is InChI=1S/C15H23N3O4/c1-6-21-13(19)11-9-18(14(20)22-15(2,3)4)8-10-7-16-17(5)12(10)11/h7,11H,6,8-9H2,1-5H3. The van der Waals surface area contributed by atoms with Gasteiger partial charge in [0, 0.05) is 19.2 Å². The Morgan fingerprint density at radius 1 is 1.41 bits per heavy atom. The van der Waals surface area contributed by atoms with E-state index in [9.17, 15) is 9.59 Å². The van der Waals surface area contributed by atoms with E-state index >= 15 is 0 Å². The molecule has 2 rings (SSSR count). The molecule has 1 unspecified atom stereocenters. The highest BCUT2D eigenvalue weighted by Gasteiger charge is 2.37. The number of carbonyl (C=O) groups excluding carboxylic acids is 2. The summed E-state index contributed by atoms with van der Waals surface area (Å²) in [5.74, 6) is -0.885. The van der Waals surface area contributed by atoms with Gasteiger partial charge in [-0.2, -0.15) is 5.10 Å². The summed E-state index contributed by atoms with van der Waals surface area (Å²) in [5.41, 5.74) is 1.07. The molecule has 0 aliphatic carbocycles. The van der Waals surface area contributed by atoms with Crippen LogP contribution in [0.3, 0.4) is 0 Å². The Labute approximate surface area is 130 Å². The Hall–Kier alpha value is -2.05.